The van der Waals surface area contributed by atoms with Gasteiger partial charge in [-0.15, -0.1) is 0 Å². The minimum absolute atomic E-state index is 0.168. The highest BCUT2D eigenvalue weighted by molar-refractivity contribution is 5.73. The lowest BCUT2D eigenvalue weighted by atomic mass is 9.96. The van der Waals surface area contributed by atoms with Gasteiger partial charge in [0.15, 0.2) is 0 Å². The lowest BCUT2D eigenvalue weighted by Crippen LogP contribution is -2.29. The number of esters is 1. The number of aromatic hydroxyl groups is 1. The van der Waals surface area contributed by atoms with E-state index in [4.69, 9.17) is 4.74 Å². The average Bonchev–Trinajstić information content (AvgIpc) is 2.28. The van der Waals surface area contributed by atoms with Gasteiger partial charge < -0.3 is 14.6 Å². The number of hydrogen-bond acceptors (Lipinski definition) is 4. The van der Waals surface area contributed by atoms with Gasteiger partial charge in [0, 0.05) is 5.56 Å². The van der Waals surface area contributed by atoms with Crippen LogP contribution in [0.4, 0.5) is 0 Å². The molecule has 1 N–H and O–H groups in total. The number of hydrogen-bond donors (Lipinski definition) is 1. The van der Waals surface area contributed by atoms with Crippen LogP contribution in [0.25, 0.3) is 0 Å². The number of phenols is 1. The Hall–Kier alpha value is -1.71. The molecule has 0 aliphatic carbocycles. The Morgan fingerprint density at radius 2 is 2.40 bits per heavy atom. The summed E-state index contributed by atoms with van der Waals surface area (Å²) in [5, 5.41) is 9.60. The summed E-state index contributed by atoms with van der Waals surface area (Å²) in [7, 11) is 1.35. The van der Waals surface area contributed by atoms with E-state index in [0.717, 1.165) is 0 Å². The fourth-order valence-electron chi connectivity index (χ4n) is 1.71. The van der Waals surface area contributed by atoms with Gasteiger partial charge in [0.25, 0.3) is 0 Å². The first-order valence-corrected chi connectivity index (χ1v) is 4.74. The van der Waals surface area contributed by atoms with Gasteiger partial charge >= 0.3 is 5.97 Å². The molecule has 0 spiro atoms. The number of benzene rings is 1. The van der Waals surface area contributed by atoms with Crippen molar-refractivity contribution < 1.29 is 19.4 Å². The normalized spacial score (nSPS) is 18.9. The molecule has 4 heteroatoms. The third-order valence-corrected chi connectivity index (χ3v) is 2.53. The van der Waals surface area contributed by atoms with Gasteiger partial charge in [-0.3, -0.25) is 4.79 Å². The highest BCUT2D eigenvalue weighted by Crippen LogP contribution is 2.33. The van der Waals surface area contributed by atoms with Crippen LogP contribution in [0.15, 0.2) is 18.2 Å². The van der Waals surface area contributed by atoms with E-state index in [1.807, 2.05) is 0 Å². The molecule has 0 saturated carbocycles. The van der Waals surface area contributed by atoms with E-state index in [2.05, 4.69) is 4.74 Å². The van der Waals surface area contributed by atoms with Crippen LogP contribution in [0, 0.1) is 5.92 Å². The van der Waals surface area contributed by atoms with Crippen molar-refractivity contribution in [2.45, 2.75) is 6.42 Å². The van der Waals surface area contributed by atoms with Crippen LogP contribution in [0.2, 0.25) is 0 Å². The summed E-state index contributed by atoms with van der Waals surface area (Å²) < 4.78 is 10.0. The highest BCUT2D eigenvalue weighted by atomic mass is 16.5. The molecule has 4 nitrogen and oxygen atoms in total. The van der Waals surface area contributed by atoms with Gasteiger partial charge in [-0.25, -0.2) is 0 Å². The fourth-order valence-corrected chi connectivity index (χ4v) is 1.71. The number of methoxy groups -OCH3 is 1. The first-order valence-electron chi connectivity index (χ1n) is 4.74. The molecule has 1 aromatic rings. The zero-order chi connectivity index (χ0) is 10.8. The van der Waals surface area contributed by atoms with Crippen molar-refractivity contribution in [2.75, 3.05) is 13.7 Å². The standard InChI is InChI=1S/C11H12O4/c1-14-11(13)7-5-8-9(12)3-2-4-10(8)15-6-7/h2-4,7,12H,5-6H2,1H3. The molecule has 0 aromatic heterocycles. The Labute approximate surface area is 87.4 Å². The van der Waals surface area contributed by atoms with E-state index in [0.29, 0.717) is 24.3 Å². The van der Waals surface area contributed by atoms with Crippen LogP contribution >= 0.6 is 0 Å². The lowest BCUT2D eigenvalue weighted by molar-refractivity contribution is -0.146. The third-order valence-electron chi connectivity index (χ3n) is 2.53. The molecular formula is C11H12O4. The summed E-state index contributed by atoms with van der Waals surface area (Å²) in [6.07, 6.45) is 0.467. The van der Waals surface area contributed by atoms with Crippen LogP contribution in [0.3, 0.4) is 0 Å². The van der Waals surface area contributed by atoms with Crippen LogP contribution < -0.4 is 4.74 Å². The average molecular weight is 208 g/mol. The van der Waals surface area contributed by atoms with E-state index in [1.165, 1.54) is 7.11 Å². The van der Waals surface area contributed by atoms with Crippen molar-refractivity contribution in [2.24, 2.45) is 5.92 Å². The SMILES string of the molecule is COC(=O)C1COc2cccc(O)c2C1. The smallest absolute Gasteiger partial charge is 0.312 e. The molecule has 0 fully saturated rings. The lowest BCUT2D eigenvalue weighted by Gasteiger charge is -2.23. The molecule has 15 heavy (non-hydrogen) atoms. The van der Waals surface area contributed by atoms with Crippen LogP contribution in [-0.4, -0.2) is 24.8 Å². The quantitative estimate of drug-likeness (QED) is 0.702. The van der Waals surface area contributed by atoms with Gasteiger partial charge in [-0.2, -0.15) is 0 Å². The molecular weight excluding hydrogens is 196 g/mol. The molecule has 0 bridgehead atoms. The van der Waals surface area contributed by atoms with E-state index in [-0.39, 0.29) is 17.6 Å². The first-order chi connectivity index (χ1) is 7.22. The van der Waals surface area contributed by atoms with Crippen molar-refractivity contribution in [3.8, 4) is 11.5 Å². The summed E-state index contributed by atoms with van der Waals surface area (Å²) in [4.78, 5) is 11.3. The zero-order valence-electron chi connectivity index (χ0n) is 8.40. The molecule has 1 aliphatic rings. The number of ether oxygens (including phenoxy) is 2. The molecule has 1 aromatic carbocycles. The molecule has 1 atom stereocenters. The highest BCUT2D eigenvalue weighted by Gasteiger charge is 2.28. The first kappa shape index (κ1) is 9.83. The van der Waals surface area contributed by atoms with Crippen molar-refractivity contribution in [1.29, 1.82) is 0 Å². The summed E-state index contributed by atoms with van der Waals surface area (Å²) in [5.74, 6) is 0.191. The minimum atomic E-state index is -0.323. The number of rotatable bonds is 1. The Morgan fingerprint density at radius 3 is 3.13 bits per heavy atom. The summed E-state index contributed by atoms with van der Waals surface area (Å²) >= 11 is 0. The Kier molecular flexibility index (Phi) is 2.49. The van der Waals surface area contributed by atoms with E-state index < -0.39 is 0 Å². The molecule has 0 amide bonds. The van der Waals surface area contributed by atoms with E-state index in [9.17, 15) is 9.90 Å². The van der Waals surface area contributed by atoms with Gasteiger partial charge in [0.1, 0.15) is 18.1 Å². The fraction of sp³-hybridized carbons (Fsp3) is 0.364. The Morgan fingerprint density at radius 1 is 1.60 bits per heavy atom. The van der Waals surface area contributed by atoms with Crippen LogP contribution in [0.5, 0.6) is 11.5 Å². The summed E-state index contributed by atoms with van der Waals surface area (Å²) in [6.45, 7) is 0.309. The van der Waals surface area contributed by atoms with Crippen molar-refractivity contribution in [3.63, 3.8) is 0 Å². The predicted octanol–water partition coefficient (Wildman–Crippen LogP) is 1.12. The molecule has 0 saturated heterocycles. The maximum Gasteiger partial charge on any atom is 0.312 e. The molecule has 0 radical (unpaired) electrons. The van der Waals surface area contributed by atoms with Gasteiger partial charge in [0.05, 0.1) is 13.0 Å². The van der Waals surface area contributed by atoms with Gasteiger partial charge in [0.2, 0.25) is 0 Å². The second-order valence-corrected chi connectivity index (χ2v) is 3.49. The maximum atomic E-state index is 11.3. The third kappa shape index (κ3) is 1.75. The number of phenolic OH excluding ortho intramolecular Hbond substituents is 1. The van der Waals surface area contributed by atoms with Crippen molar-refractivity contribution in [3.05, 3.63) is 23.8 Å². The van der Waals surface area contributed by atoms with Gasteiger partial charge in [-0.1, -0.05) is 6.07 Å². The van der Waals surface area contributed by atoms with E-state index in [1.54, 1.807) is 18.2 Å². The van der Waals surface area contributed by atoms with Gasteiger partial charge in [-0.05, 0) is 18.6 Å². The summed E-state index contributed by atoms with van der Waals surface area (Å²) in [5.41, 5.74) is 0.680. The predicted molar refractivity (Wildman–Crippen MR) is 52.8 cm³/mol. The molecule has 1 heterocycles. The molecule has 2 rings (SSSR count). The number of fused-ring (bicyclic) bond motifs is 1. The maximum absolute atomic E-state index is 11.3. The monoisotopic (exact) mass is 208 g/mol. The Balaban J connectivity index is 2.26. The minimum Gasteiger partial charge on any atom is -0.508 e. The topological polar surface area (TPSA) is 55.8 Å². The largest absolute Gasteiger partial charge is 0.508 e. The van der Waals surface area contributed by atoms with Crippen molar-refractivity contribution in [1.82, 2.24) is 0 Å². The number of carbonyl (C=O) groups is 1. The zero-order valence-corrected chi connectivity index (χ0v) is 8.40. The summed E-state index contributed by atoms with van der Waals surface area (Å²) in [6, 6.07) is 5.08. The van der Waals surface area contributed by atoms with Crippen molar-refractivity contribution >= 4 is 5.97 Å². The van der Waals surface area contributed by atoms with Crippen LogP contribution in [-0.2, 0) is 16.0 Å². The Bertz CT molecular complexity index is 386. The second kappa shape index (κ2) is 3.81. The van der Waals surface area contributed by atoms with Crippen LogP contribution in [0.1, 0.15) is 5.56 Å². The van der Waals surface area contributed by atoms with E-state index >= 15 is 0 Å². The molecule has 1 aliphatic heterocycles. The molecule has 1 unspecified atom stereocenters. The number of carbonyl (C=O) groups excluding carboxylic acids is 1. The molecule has 80 valence electrons. The second-order valence-electron chi connectivity index (χ2n) is 3.49.